The van der Waals surface area contributed by atoms with Crippen LogP contribution >= 0.6 is 11.6 Å². The van der Waals surface area contributed by atoms with Gasteiger partial charge in [-0.15, -0.1) is 11.6 Å². The molecule has 0 atom stereocenters. The first-order chi connectivity index (χ1) is 11.0. The van der Waals surface area contributed by atoms with Gasteiger partial charge in [0.25, 0.3) is 5.82 Å². The van der Waals surface area contributed by atoms with Crippen LogP contribution in [-0.2, 0) is 18.8 Å². The van der Waals surface area contributed by atoms with Crippen LogP contribution in [0.15, 0.2) is 11.2 Å². The molecule has 0 bridgehead atoms. The highest BCUT2D eigenvalue weighted by atomic mass is 35.5. The number of imidazole rings is 1. The van der Waals surface area contributed by atoms with Crippen molar-refractivity contribution >= 4 is 29.6 Å². The van der Waals surface area contributed by atoms with Crippen LogP contribution in [0.4, 0.5) is 11.6 Å². The summed E-state index contributed by atoms with van der Waals surface area (Å²) in [7, 11) is 3.07. The van der Waals surface area contributed by atoms with Crippen molar-refractivity contribution < 1.29 is 9.66 Å². The van der Waals surface area contributed by atoms with Gasteiger partial charge in [-0.25, -0.2) is 14.2 Å². The van der Waals surface area contributed by atoms with Crippen LogP contribution in [0.5, 0.6) is 0 Å². The minimum Gasteiger partial charge on any atom is -0.482 e. The van der Waals surface area contributed by atoms with Gasteiger partial charge in [0.15, 0.2) is 17.9 Å². The third-order valence-electron chi connectivity index (χ3n) is 2.94. The molecule has 0 aliphatic carbocycles. The van der Waals surface area contributed by atoms with E-state index in [1.54, 1.807) is 7.05 Å². The summed E-state index contributed by atoms with van der Waals surface area (Å²) in [6.45, 7) is 0.281. The molecule has 11 heteroatoms. The SMILES string of the molecule is Cn1nc(-c2ncc([N+](=O)[O-])n2C)c(C#N)c1/N=C\OCCCl. The quantitative estimate of drug-likeness (QED) is 0.196. The van der Waals surface area contributed by atoms with E-state index in [0.717, 1.165) is 6.20 Å². The molecule has 23 heavy (non-hydrogen) atoms. The normalized spacial score (nSPS) is 10.9. The molecule has 0 aliphatic heterocycles. The first-order valence-corrected chi connectivity index (χ1v) is 6.88. The number of aliphatic imine (C=N–C) groups is 1. The second-order valence-corrected chi connectivity index (χ2v) is 4.71. The van der Waals surface area contributed by atoms with Gasteiger partial charge in [-0.2, -0.15) is 15.4 Å². The predicted molar refractivity (Wildman–Crippen MR) is 81.6 cm³/mol. The van der Waals surface area contributed by atoms with E-state index >= 15 is 0 Å². The second-order valence-electron chi connectivity index (χ2n) is 4.33. The van der Waals surface area contributed by atoms with Gasteiger partial charge in [0.2, 0.25) is 0 Å². The molecule has 2 aromatic rings. The third kappa shape index (κ3) is 3.14. The number of hydrogen-bond donors (Lipinski definition) is 0. The number of alkyl halides is 1. The molecule has 120 valence electrons. The largest absolute Gasteiger partial charge is 0.482 e. The number of halogens is 1. The molecule has 0 aromatic carbocycles. The molecule has 0 unspecified atom stereocenters. The van der Waals surface area contributed by atoms with Gasteiger partial charge < -0.3 is 14.9 Å². The summed E-state index contributed by atoms with van der Waals surface area (Å²) in [6, 6.07) is 1.99. The summed E-state index contributed by atoms with van der Waals surface area (Å²) < 4.78 is 7.65. The maximum absolute atomic E-state index is 10.9. The summed E-state index contributed by atoms with van der Waals surface area (Å²) in [5.74, 6) is 0.560. The van der Waals surface area contributed by atoms with Crippen molar-refractivity contribution in [1.82, 2.24) is 19.3 Å². The lowest BCUT2D eigenvalue weighted by Crippen LogP contribution is -2.00. The Kier molecular flexibility index (Phi) is 4.92. The lowest BCUT2D eigenvalue weighted by atomic mass is 10.2. The molecule has 10 nitrogen and oxygen atoms in total. The van der Waals surface area contributed by atoms with Crippen LogP contribution in [0, 0.1) is 21.4 Å². The highest BCUT2D eigenvalue weighted by Gasteiger charge is 2.26. The summed E-state index contributed by atoms with van der Waals surface area (Å²) >= 11 is 5.48. The lowest BCUT2D eigenvalue weighted by Gasteiger charge is -1.96. The summed E-state index contributed by atoms with van der Waals surface area (Å²) in [5, 5.41) is 24.4. The Morgan fingerprint density at radius 3 is 2.91 bits per heavy atom. The van der Waals surface area contributed by atoms with Crippen molar-refractivity contribution in [3.63, 3.8) is 0 Å². The Morgan fingerprint density at radius 1 is 1.61 bits per heavy atom. The first kappa shape index (κ1) is 16.4. The maximum atomic E-state index is 10.9. The average Bonchev–Trinajstić information content (AvgIpc) is 3.04. The molecular weight excluding hydrogens is 326 g/mol. The number of nitrogens with zero attached hydrogens (tertiary/aromatic N) is 7. The predicted octanol–water partition coefficient (Wildman–Crippen LogP) is 1.52. The van der Waals surface area contributed by atoms with E-state index in [0.29, 0.717) is 5.88 Å². The highest BCUT2D eigenvalue weighted by molar-refractivity contribution is 6.18. The van der Waals surface area contributed by atoms with Crippen molar-refractivity contribution in [2.45, 2.75) is 0 Å². The number of rotatable bonds is 6. The number of nitriles is 1. The molecule has 2 aromatic heterocycles. The zero-order chi connectivity index (χ0) is 17.0. The molecule has 0 aliphatic rings. The average molecular weight is 338 g/mol. The minimum absolute atomic E-state index is 0.141. The first-order valence-electron chi connectivity index (χ1n) is 6.35. The molecule has 0 saturated heterocycles. The molecular formula is C12H12ClN7O3. The smallest absolute Gasteiger partial charge is 0.342 e. The van der Waals surface area contributed by atoms with Crippen LogP contribution in [0.3, 0.4) is 0 Å². The van der Waals surface area contributed by atoms with Crippen LogP contribution < -0.4 is 0 Å². The van der Waals surface area contributed by atoms with Gasteiger partial charge >= 0.3 is 5.82 Å². The van der Waals surface area contributed by atoms with Crippen LogP contribution in [0.1, 0.15) is 5.56 Å². The fourth-order valence-electron chi connectivity index (χ4n) is 1.90. The Morgan fingerprint density at radius 2 is 2.35 bits per heavy atom. The molecule has 0 N–H and O–H groups in total. The van der Waals surface area contributed by atoms with Crippen molar-refractivity contribution in [3.05, 3.63) is 21.9 Å². The molecule has 0 fully saturated rings. The van der Waals surface area contributed by atoms with Gasteiger partial charge in [0.1, 0.15) is 24.4 Å². The number of aryl methyl sites for hydroxylation is 1. The fraction of sp³-hybridized carbons (Fsp3) is 0.333. The van der Waals surface area contributed by atoms with Crippen molar-refractivity contribution in [2.24, 2.45) is 19.1 Å². The van der Waals surface area contributed by atoms with E-state index in [4.69, 9.17) is 16.3 Å². The van der Waals surface area contributed by atoms with E-state index in [9.17, 15) is 15.4 Å². The number of nitro groups is 1. The van der Waals surface area contributed by atoms with E-state index in [-0.39, 0.29) is 35.3 Å². The molecule has 0 radical (unpaired) electrons. The summed E-state index contributed by atoms with van der Waals surface area (Å²) in [6.07, 6.45) is 2.28. The molecule has 0 spiro atoms. The second kappa shape index (κ2) is 6.89. The monoisotopic (exact) mass is 337 g/mol. The number of aromatic nitrogens is 4. The summed E-state index contributed by atoms with van der Waals surface area (Å²) in [4.78, 5) is 18.3. The Hall–Kier alpha value is -2.93. The van der Waals surface area contributed by atoms with Crippen molar-refractivity contribution in [1.29, 1.82) is 5.26 Å². The lowest BCUT2D eigenvalue weighted by molar-refractivity contribution is -0.391. The molecule has 0 saturated carbocycles. The van der Waals surface area contributed by atoms with Crippen molar-refractivity contribution in [2.75, 3.05) is 12.5 Å². The summed E-state index contributed by atoms with van der Waals surface area (Å²) in [5.41, 5.74) is 0.344. The minimum atomic E-state index is -0.565. The van der Waals surface area contributed by atoms with E-state index in [1.807, 2.05) is 6.07 Å². The molecule has 2 heterocycles. The number of hydrogen-bond acceptors (Lipinski definition) is 7. The van der Waals surface area contributed by atoms with Crippen molar-refractivity contribution in [3.8, 4) is 17.6 Å². The number of ether oxygens (including phenoxy) is 1. The van der Waals surface area contributed by atoms with Gasteiger partial charge in [-0.05, 0) is 4.92 Å². The zero-order valence-electron chi connectivity index (χ0n) is 12.3. The van der Waals surface area contributed by atoms with Gasteiger partial charge in [-0.1, -0.05) is 0 Å². The standard InChI is InChI=1S/C12H12ClN7O3/c1-18-9(20(21)22)6-15-12(18)10-8(5-14)11(19(2)17-10)16-7-23-4-3-13/h6-7H,3-4H2,1-2H3/b16-7-. The van der Waals surface area contributed by atoms with E-state index in [1.165, 1.54) is 22.7 Å². The fourth-order valence-corrected chi connectivity index (χ4v) is 1.99. The van der Waals surface area contributed by atoms with E-state index in [2.05, 4.69) is 15.1 Å². The third-order valence-corrected chi connectivity index (χ3v) is 3.09. The van der Waals surface area contributed by atoms with E-state index < -0.39 is 4.92 Å². The zero-order valence-corrected chi connectivity index (χ0v) is 13.1. The molecule has 2 rings (SSSR count). The molecule has 0 amide bonds. The van der Waals surface area contributed by atoms with Gasteiger partial charge in [0, 0.05) is 7.05 Å². The Labute approximate surface area is 135 Å². The van der Waals surface area contributed by atoms with Crippen LogP contribution in [-0.4, -0.2) is 43.1 Å². The van der Waals surface area contributed by atoms with Crippen LogP contribution in [0.2, 0.25) is 0 Å². The Bertz CT molecular complexity index is 802. The van der Waals surface area contributed by atoms with Gasteiger partial charge in [-0.3, -0.25) is 0 Å². The maximum Gasteiger partial charge on any atom is 0.342 e. The highest BCUT2D eigenvalue weighted by Crippen LogP contribution is 2.30. The Balaban J connectivity index is 2.47. The topological polar surface area (TPSA) is 124 Å². The van der Waals surface area contributed by atoms with Gasteiger partial charge in [0.05, 0.1) is 12.9 Å². The van der Waals surface area contributed by atoms with Crippen LogP contribution in [0.25, 0.3) is 11.5 Å².